The highest BCUT2D eigenvalue weighted by Gasteiger charge is 2.32. The van der Waals surface area contributed by atoms with E-state index in [1.807, 2.05) is 24.8 Å². The van der Waals surface area contributed by atoms with Crippen LogP contribution in [0.5, 0.6) is 0 Å². The lowest BCUT2D eigenvalue weighted by Crippen LogP contribution is -2.31. The van der Waals surface area contributed by atoms with Crippen LogP contribution in [0.1, 0.15) is 53.6 Å². The number of H-pyrrole nitrogens is 2. The number of imidazole rings is 1. The molecule has 0 saturated carbocycles. The van der Waals surface area contributed by atoms with Crippen molar-refractivity contribution in [1.82, 2.24) is 25.1 Å². The molecule has 3 aromatic rings. The van der Waals surface area contributed by atoms with Crippen molar-refractivity contribution in [3.8, 4) is 0 Å². The summed E-state index contributed by atoms with van der Waals surface area (Å²) < 4.78 is 0. The van der Waals surface area contributed by atoms with Crippen molar-refractivity contribution in [3.63, 3.8) is 0 Å². The van der Waals surface area contributed by atoms with Gasteiger partial charge in [-0.25, -0.2) is 4.98 Å². The summed E-state index contributed by atoms with van der Waals surface area (Å²) in [6, 6.07) is 6.27. The Morgan fingerprint density at radius 2 is 2.15 bits per heavy atom. The lowest BCUT2D eigenvalue weighted by atomic mass is 10.1. The zero-order valence-electron chi connectivity index (χ0n) is 15.6. The third-order valence-corrected chi connectivity index (χ3v) is 5.41. The molecule has 0 radical (unpaired) electrons. The maximum absolute atomic E-state index is 12.9. The minimum absolute atomic E-state index is 0.0572. The van der Waals surface area contributed by atoms with Gasteiger partial charge in [0.05, 0.1) is 22.8 Å². The van der Waals surface area contributed by atoms with Gasteiger partial charge in [-0.2, -0.15) is 5.10 Å². The minimum atomic E-state index is 0.0572. The van der Waals surface area contributed by atoms with Gasteiger partial charge in [0.1, 0.15) is 5.82 Å². The van der Waals surface area contributed by atoms with Gasteiger partial charge in [-0.05, 0) is 63.3 Å². The molecular formula is C20H25N5O. The van der Waals surface area contributed by atoms with Gasteiger partial charge in [0.2, 0.25) is 5.91 Å². The van der Waals surface area contributed by atoms with Crippen molar-refractivity contribution in [2.24, 2.45) is 0 Å². The highest BCUT2D eigenvalue weighted by Crippen LogP contribution is 2.32. The lowest BCUT2D eigenvalue weighted by molar-refractivity contribution is -0.132. The maximum Gasteiger partial charge on any atom is 0.223 e. The Morgan fingerprint density at radius 1 is 1.31 bits per heavy atom. The number of rotatable bonds is 4. The van der Waals surface area contributed by atoms with Crippen LogP contribution >= 0.6 is 0 Å². The molecule has 2 aromatic heterocycles. The number of nitrogens with zero attached hydrogens (tertiary/aromatic N) is 3. The number of amides is 1. The fourth-order valence-corrected chi connectivity index (χ4v) is 3.97. The molecule has 0 bridgehead atoms. The third kappa shape index (κ3) is 3.00. The maximum atomic E-state index is 12.9. The lowest BCUT2D eigenvalue weighted by Gasteiger charge is -2.23. The van der Waals surface area contributed by atoms with Crippen LogP contribution in [-0.4, -0.2) is 37.5 Å². The Kier molecular flexibility index (Phi) is 4.26. The number of carbonyl (C=O) groups excluding carboxylic acids is 1. The molecule has 1 aliphatic heterocycles. The van der Waals surface area contributed by atoms with Gasteiger partial charge in [-0.1, -0.05) is 6.07 Å². The fourth-order valence-electron chi connectivity index (χ4n) is 3.97. The van der Waals surface area contributed by atoms with Crippen molar-refractivity contribution in [2.45, 2.75) is 52.5 Å². The van der Waals surface area contributed by atoms with Crippen LogP contribution in [0.3, 0.4) is 0 Å². The molecule has 1 atom stereocenters. The van der Waals surface area contributed by atoms with E-state index in [9.17, 15) is 4.79 Å². The van der Waals surface area contributed by atoms with Crippen molar-refractivity contribution in [1.29, 1.82) is 0 Å². The quantitative estimate of drug-likeness (QED) is 0.755. The van der Waals surface area contributed by atoms with Crippen LogP contribution < -0.4 is 0 Å². The number of likely N-dealkylation sites (tertiary alicyclic amines) is 1. The number of benzene rings is 1. The summed E-state index contributed by atoms with van der Waals surface area (Å²) in [6.07, 6.45) is 3.23. The molecule has 0 spiro atoms. The average molecular weight is 351 g/mol. The molecule has 1 aromatic carbocycles. The molecule has 3 heterocycles. The average Bonchev–Trinajstić information content (AvgIpc) is 3.31. The zero-order valence-corrected chi connectivity index (χ0v) is 15.6. The summed E-state index contributed by atoms with van der Waals surface area (Å²) in [5, 5.41) is 7.21. The molecule has 26 heavy (non-hydrogen) atoms. The highest BCUT2D eigenvalue weighted by atomic mass is 16.2. The zero-order chi connectivity index (χ0) is 18.3. The first kappa shape index (κ1) is 16.8. The number of hydrogen-bond donors (Lipinski definition) is 2. The summed E-state index contributed by atoms with van der Waals surface area (Å²) in [5.74, 6) is 1.11. The van der Waals surface area contributed by atoms with Crippen LogP contribution in [0, 0.1) is 20.8 Å². The van der Waals surface area contributed by atoms with Gasteiger partial charge < -0.3 is 9.88 Å². The largest absolute Gasteiger partial charge is 0.340 e. The van der Waals surface area contributed by atoms with Gasteiger partial charge in [-0.3, -0.25) is 9.89 Å². The molecule has 0 unspecified atom stereocenters. The van der Waals surface area contributed by atoms with Gasteiger partial charge in [0, 0.05) is 18.7 Å². The summed E-state index contributed by atoms with van der Waals surface area (Å²) in [4.78, 5) is 23.0. The van der Waals surface area contributed by atoms with Crippen molar-refractivity contribution in [3.05, 3.63) is 46.5 Å². The van der Waals surface area contributed by atoms with Gasteiger partial charge >= 0.3 is 0 Å². The molecule has 1 fully saturated rings. The number of fused-ring (bicyclic) bond motifs is 1. The molecule has 1 amide bonds. The van der Waals surface area contributed by atoms with Crippen molar-refractivity contribution in [2.75, 3.05) is 6.54 Å². The van der Waals surface area contributed by atoms with E-state index >= 15 is 0 Å². The van der Waals surface area contributed by atoms with E-state index in [1.165, 1.54) is 5.56 Å². The number of aryl methyl sites for hydroxylation is 3. The van der Waals surface area contributed by atoms with Crippen molar-refractivity contribution < 1.29 is 4.79 Å². The Bertz CT molecular complexity index is 935. The summed E-state index contributed by atoms with van der Waals surface area (Å²) in [7, 11) is 0. The number of aromatic nitrogens is 4. The predicted octanol–water partition coefficient (Wildman–Crippen LogP) is 3.51. The first-order valence-corrected chi connectivity index (χ1v) is 9.29. The van der Waals surface area contributed by atoms with E-state index in [0.717, 1.165) is 59.6 Å². The molecule has 136 valence electrons. The SMILES string of the molecule is Cc1ccc2nc([C@@H]3CCCN3C(=O)CCc3c(C)n[nH]c3C)[nH]c2c1. The minimum Gasteiger partial charge on any atom is -0.340 e. The van der Waals surface area contributed by atoms with E-state index in [1.54, 1.807) is 0 Å². The second-order valence-electron chi connectivity index (χ2n) is 7.30. The second-order valence-corrected chi connectivity index (χ2v) is 7.30. The van der Waals surface area contributed by atoms with Gasteiger partial charge in [0.25, 0.3) is 0 Å². The van der Waals surface area contributed by atoms with E-state index in [-0.39, 0.29) is 11.9 Å². The molecule has 1 aliphatic rings. The smallest absolute Gasteiger partial charge is 0.223 e. The van der Waals surface area contributed by atoms with Gasteiger partial charge in [-0.15, -0.1) is 0 Å². The normalized spacial score (nSPS) is 17.3. The predicted molar refractivity (Wildman–Crippen MR) is 101 cm³/mol. The van der Waals surface area contributed by atoms with Crippen LogP contribution in [0.4, 0.5) is 0 Å². The van der Waals surface area contributed by atoms with E-state index in [4.69, 9.17) is 4.98 Å². The first-order valence-electron chi connectivity index (χ1n) is 9.29. The topological polar surface area (TPSA) is 77.7 Å². The fraction of sp³-hybridized carbons (Fsp3) is 0.450. The molecule has 1 saturated heterocycles. The molecule has 6 heteroatoms. The standard InChI is InChI=1S/C20H25N5O/c1-12-6-8-16-17(11-12)22-20(21-16)18-5-4-10-25(18)19(26)9-7-15-13(2)23-24-14(15)3/h6,8,11,18H,4-5,7,9-10H2,1-3H3,(H,21,22)(H,23,24)/t18-/m0/s1. The van der Waals surface area contributed by atoms with Crippen LogP contribution in [0.25, 0.3) is 11.0 Å². The van der Waals surface area contributed by atoms with Crippen LogP contribution in [0.15, 0.2) is 18.2 Å². The Balaban J connectivity index is 1.51. The summed E-state index contributed by atoms with van der Waals surface area (Å²) >= 11 is 0. The first-order chi connectivity index (χ1) is 12.5. The van der Waals surface area contributed by atoms with Crippen molar-refractivity contribution >= 4 is 16.9 Å². The van der Waals surface area contributed by atoms with Crippen LogP contribution in [0.2, 0.25) is 0 Å². The van der Waals surface area contributed by atoms with Crippen LogP contribution in [-0.2, 0) is 11.2 Å². The number of carbonyl (C=O) groups is 1. The number of aromatic amines is 2. The number of hydrogen-bond acceptors (Lipinski definition) is 3. The van der Waals surface area contributed by atoms with E-state index < -0.39 is 0 Å². The Morgan fingerprint density at radius 3 is 2.92 bits per heavy atom. The number of nitrogens with one attached hydrogen (secondary N) is 2. The van der Waals surface area contributed by atoms with E-state index in [0.29, 0.717) is 6.42 Å². The third-order valence-electron chi connectivity index (χ3n) is 5.41. The Hall–Kier alpha value is -2.63. The Labute approximate surface area is 153 Å². The molecule has 6 nitrogen and oxygen atoms in total. The monoisotopic (exact) mass is 351 g/mol. The highest BCUT2D eigenvalue weighted by molar-refractivity contribution is 5.78. The summed E-state index contributed by atoms with van der Waals surface area (Å²) in [6.45, 7) is 6.88. The molecule has 0 aliphatic carbocycles. The van der Waals surface area contributed by atoms with Gasteiger partial charge in [0.15, 0.2) is 0 Å². The molecule has 4 rings (SSSR count). The second kappa shape index (κ2) is 6.59. The molecular weight excluding hydrogens is 326 g/mol. The summed E-state index contributed by atoms with van der Waals surface area (Å²) in [5.41, 5.74) is 6.42. The van der Waals surface area contributed by atoms with E-state index in [2.05, 4.69) is 34.2 Å². The molecule has 2 N–H and O–H groups in total.